The number of cyclic esters (lactones) is 2. The molecule has 2 spiro atoms. The van der Waals surface area contributed by atoms with Crippen molar-refractivity contribution < 1.29 is 19.1 Å². The van der Waals surface area contributed by atoms with Gasteiger partial charge in [-0.3, -0.25) is 0 Å². The van der Waals surface area contributed by atoms with Crippen LogP contribution < -0.4 is 0 Å². The number of rotatable bonds is 4. The van der Waals surface area contributed by atoms with Gasteiger partial charge in [-0.1, -0.05) is 97.1 Å². The molecular formula is C32H22N2O4. The van der Waals surface area contributed by atoms with Gasteiger partial charge in [0.15, 0.2) is 0 Å². The van der Waals surface area contributed by atoms with E-state index >= 15 is 0 Å². The second-order valence-electron chi connectivity index (χ2n) is 9.65. The maximum Gasteiger partial charge on any atom is 0.344 e. The Morgan fingerprint density at radius 2 is 0.789 bits per heavy atom. The van der Waals surface area contributed by atoms with E-state index in [4.69, 9.17) is 19.5 Å². The number of hydrogen-bond acceptors (Lipinski definition) is 6. The summed E-state index contributed by atoms with van der Waals surface area (Å²) in [5, 5.41) is 0. The van der Waals surface area contributed by atoms with Crippen LogP contribution in [0.2, 0.25) is 0 Å². The lowest BCUT2D eigenvalue weighted by Gasteiger charge is -2.58. The summed E-state index contributed by atoms with van der Waals surface area (Å²) in [5.41, 5.74) is -0.208. The number of benzene rings is 4. The molecule has 3 aliphatic rings. The van der Waals surface area contributed by atoms with Crippen molar-refractivity contribution in [3.8, 4) is 0 Å². The molecule has 184 valence electrons. The molecule has 6 heteroatoms. The first-order chi connectivity index (χ1) is 18.6. The molecule has 7 rings (SSSR count). The summed E-state index contributed by atoms with van der Waals surface area (Å²) in [6, 6.07) is 37.8. The highest BCUT2D eigenvalue weighted by atomic mass is 16.6. The van der Waals surface area contributed by atoms with Crippen LogP contribution in [0.1, 0.15) is 34.1 Å². The van der Waals surface area contributed by atoms with Crippen molar-refractivity contribution in [2.45, 2.75) is 22.9 Å². The third kappa shape index (κ3) is 2.94. The van der Waals surface area contributed by atoms with Crippen molar-refractivity contribution in [1.82, 2.24) is 0 Å². The van der Waals surface area contributed by atoms with Crippen molar-refractivity contribution in [3.05, 3.63) is 144 Å². The number of carbonyl (C=O) groups excluding carboxylic acids is 2. The van der Waals surface area contributed by atoms with Crippen LogP contribution in [0.15, 0.2) is 131 Å². The van der Waals surface area contributed by atoms with E-state index in [0.29, 0.717) is 11.1 Å². The third-order valence-corrected chi connectivity index (χ3v) is 7.73. The summed E-state index contributed by atoms with van der Waals surface area (Å²) in [7, 11) is 0. The van der Waals surface area contributed by atoms with Crippen molar-refractivity contribution in [1.29, 1.82) is 0 Å². The van der Waals surface area contributed by atoms with Crippen LogP contribution in [0.4, 0.5) is 0 Å². The molecule has 0 saturated heterocycles. The zero-order valence-corrected chi connectivity index (χ0v) is 20.2. The Hall–Kier alpha value is -4.84. The van der Waals surface area contributed by atoms with Gasteiger partial charge in [-0.25, -0.2) is 19.6 Å². The highest BCUT2D eigenvalue weighted by Gasteiger charge is 2.85. The van der Waals surface area contributed by atoms with E-state index in [1.165, 1.54) is 0 Å². The van der Waals surface area contributed by atoms with Crippen LogP contribution in [0, 0.1) is 0 Å². The van der Waals surface area contributed by atoms with E-state index < -0.39 is 34.9 Å². The van der Waals surface area contributed by atoms with Crippen LogP contribution in [-0.2, 0) is 19.1 Å². The standard InChI is InChI=1S/C32H22N2O4/c35-29-31(33-27(37-29)23-17-9-3-10-18-23)25(21-13-5-1-6-14-21)26(22-15-7-2-8-16-22)32(31)30(36)38-28(34-32)24-19-11-4-12-20-24/h1-20,25-26H. The number of hydrogen-bond donors (Lipinski definition) is 0. The zero-order valence-electron chi connectivity index (χ0n) is 20.2. The molecule has 1 aliphatic carbocycles. The molecule has 0 amide bonds. The minimum atomic E-state index is -1.63. The van der Waals surface area contributed by atoms with Gasteiger partial charge in [-0.05, 0) is 35.4 Å². The Labute approximate surface area is 219 Å². The smallest absolute Gasteiger partial charge is 0.344 e. The van der Waals surface area contributed by atoms with Crippen LogP contribution >= 0.6 is 0 Å². The van der Waals surface area contributed by atoms with Crippen molar-refractivity contribution in [2.75, 3.05) is 0 Å². The van der Waals surface area contributed by atoms with E-state index in [1.807, 2.05) is 121 Å². The number of esters is 2. The average molecular weight is 499 g/mol. The molecule has 0 aromatic heterocycles. The quantitative estimate of drug-likeness (QED) is 0.369. The largest absolute Gasteiger partial charge is 0.405 e. The Kier molecular flexibility index (Phi) is 4.91. The molecule has 6 nitrogen and oxygen atoms in total. The van der Waals surface area contributed by atoms with Crippen LogP contribution in [-0.4, -0.2) is 34.8 Å². The molecule has 4 unspecified atom stereocenters. The summed E-state index contributed by atoms with van der Waals surface area (Å²) in [6.07, 6.45) is 0. The van der Waals surface area contributed by atoms with Gasteiger partial charge in [0.2, 0.25) is 22.9 Å². The van der Waals surface area contributed by atoms with Crippen LogP contribution in [0.3, 0.4) is 0 Å². The van der Waals surface area contributed by atoms with Gasteiger partial charge in [0.25, 0.3) is 0 Å². The minimum Gasteiger partial charge on any atom is -0.405 e. The van der Waals surface area contributed by atoms with Gasteiger partial charge in [-0.2, -0.15) is 0 Å². The lowest BCUT2D eigenvalue weighted by Crippen LogP contribution is -2.75. The molecule has 0 N–H and O–H groups in total. The molecule has 4 atom stereocenters. The van der Waals surface area contributed by atoms with E-state index in [-0.39, 0.29) is 11.8 Å². The fourth-order valence-corrected chi connectivity index (χ4v) is 6.12. The summed E-state index contributed by atoms with van der Waals surface area (Å²) in [5.74, 6) is -1.87. The molecule has 4 aromatic rings. The van der Waals surface area contributed by atoms with Gasteiger partial charge >= 0.3 is 11.9 Å². The maximum atomic E-state index is 14.1. The summed E-state index contributed by atoms with van der Waals surface area (Å²) in [4.78, 5) is 38.0. The van der Waals surface area contributed by atoms with Gasteiger partial charge in [0, 0.05) is 23.0 Å². The molecule has 2 aliphatic heterocycles. The lowest BCUT2D eigenvalue weighted by atomic mass is 9.43. The average Bonchev–Trinajstić information content (AvgIpc) is 3.53. The van der Waals surface area contributed by atoms with Crippen molar-refractivity contribution >= 4 is 23.7 Å². The summed E-state index contributed by atoms with van der Waals surface area (Å²) >= 11 is 0. The normalized spacial score (nSPS) is 27.5. The molecule has 38 heavy (non-hydrogen) atoms. The highest BCUT2D eigenvalue weighted by molar-refractivity contribution is 6.18. The number of aliphatic imine (C=N–C) groups is 2. The second-order valence-corrected chi connectivity index (χ2v) is 9.65. The number of ether oxygens (including phenoxy) is 2. The number of carbonyl (C=O) groups is 2. The molecular weight excluding hydrogens is 476 g/mol. The van der Waals surface area contributed by atoms with Gasteiger partial charge in [-0.15, -0.1) is 0 Å². The first-order valence-electron chi connectivity index (χ1n) is 12.5. The molecule has 2 heterocycles. The molecule has 0 bridgehead atoms. The predicted octanol–water partition coefficient (Wildman–Crippen LogP) is 5.05. The van der Waals surface area contributed by atoms with Crippen molar-refractivity contribution in [2.24, 2.45) is 9.98 Å². The Morgan fingerprint density at radius 1 is 0.474 bits per heavy atom. The van der Waals surface area contributed by atoms with E-state index in [2.05, 4.69) is 0 Å². The second kappa shape index (κ2) is 8.35. The van der Waals surface area contributed by atoms with Crippen molar-refractivity contribution in [3.63, 3.8) is 0 Å². The highest BCUT2D eigenvalue weighted by Crippen LogP contribution is 2.69. The zero-order chi connectivity index (χ0) is 25.7. The molecule has 0 radical (unpaired) electrons. The molecule has 1 saturated carbocycles. The molecule has 1 fully saturated rings. The van der Waals surface area contributed by atoms with Crippen LogP contribution in [0.25, 0.3) is 0 Å². The Bertz CT molecular complexity index is 1480. The van der Waals surface area contributed by atoms with Crippen LogP contribution in [0.5, 0.6) is 0 Å². The van der Waals surface area contributed by atoms with E-state index in [1.54, 1.807) is 0 Å². The summed E-state index contributed by atoms with van der Waals surface area (Å²) in [6.45, 7) is 0. The fourth-order valence-electron chi connectivity index (χ4n) is 6.12. The molecule has 4 aromatic carbocycles. The SMILES string of the molecule is O=C1OC(c2ccccc2)=NC12C(c1ccccc1)C(c1ccccc1)C21N=C(c2ccccc2)OC1=O. The first-order valence-corrected chi connectivity index (χ1v) is 12.5. The predicted molar refractivity (Wildman–Crippen MR) is 142 cm³/mol. The van der Waals surface area contributed by atoms with Gasteiger partial charge < -0.3 is 9.47 Å². The van der Waals surface area contributed by atoms with E-state index in [0.717, 1.165) is 11.1 Å². The number of fused-ring (bicyclic) bond motifs is 1. The monoisotopic (exact) mass is 498 g/mol. The van der Waals surface area contributed by atoms with E-state index in [9.17, 15) is 9.59 Å². The maximum absolute atomic E-state index is 14.1. The third-order valence-electron chi connectivity index (χ3n) is 7.73. The minimum absolute atomic E-state index is 0.179. The van der Waals surface area contributed by atoms with Gasteiger partial charge in [0.1, 0.15) is 0 Å². The first kappa shape index (κ1) is 22.4. The summed E-state index contributed by atoms with van der Waals surface area (Å²) < 4.78 is 11.7. The Balaban J connectivity index is 1.51. The number of nitrogens with zero attached hydrogens (tertiary/aromatic N) is 2. The Morgan fingerprint density at radius 3 is 1.13 bits per heavy atom. The lowest BCUT2D eigenvalue weighted by molar-refractivity contribution is -0.163. The fraction of sp³-hybridized carbons (Fsp3) is 0.125. The van der Waals surface area contributed by atoms with Gasteiger partial charge in [0.05, 0.1) is 0 Å². The topological polar surface area (TPSA) is 77.3 Å².